The molecule has 1 fully saturated rings. The van der Waals surface area contributed by atoms with Gasteiger partial charge in [-0.2, -0.15) is 0 Å². The molecule has 0 aromatic heterocycles. The fraction of sp³-hybridized carbons (Fsp3) is 0.364. The summed E-state index contributed by atoms with van der Waals surface area (Å²) >= 11 is 0. The SMILES string of the molecule is O=C(c1ccc(O)cc1)N1CCS(=O)CC1. The van der Waals surface area contributed by atoms with E-state index in [1.54, 1.807) is 17.0 Å². The third-order valence-corrected chi connectivity index (χ3v) is 3.86. The maximum atomic E-state index is 12.0. The Balaban J connectivity index is 2.07. The van der Waals surface area contributed by atoms with Crippen molar-refractivity contribution in [2.75, 3.05) is 24.6 Å². The van der Waals surface area contributed by atoms with Crippen LogP contribution < -0.4 is 0 Å². The number of amides is 1. The molecule has 1 heterocycles. The molecule has 1 aromatic rings. The van der Waals surface area contributed by atoms with E-state index in [9.17, 15) is 9.00 Å². The number of phenols is 1. The van der Waals surface area contributed by atoms with Crippen LogP contribution in [0.4, 0.5) is 0 Å². The molecule has 0 radical (unpaired) electrons. The van der Waals surface area contributed by atoms with Crippen LogP contribution in [0.5, 0.6) is 5.75 Å². The van der Waals surface area contributed by atoms with Gasteiger partial charge in [-0.05, 0) is 24.3 Å². The smallest absolute Gasteiger partial charge is 0.253 e. The molecule has 2 rings (SSSR count). The van der Waals surface area contributed by atoms with Crippen molar-refractivity contribution in [1.82, 2.24) is 4.90 Å². The normalized spacial score (nSPS) is 17.4. The minimum atomic E-state index is -0.771. The van der Waals surface area contributed by atoms with Crippen LogP contribution in [0.3, 0.4) is 0 Å². The van der Waals surface area contributed by atoms with Gasteiger partial charge in [0.15, 0.2) is 0 Å². The molecular weight excluding hydrogens is 226 g/mol. The number of nitrogens with zero attached hydrogens (tertiary/aromatic N) is 1. The molecule has 1 N–H and O–H groups in total. The Hall–Kier alpha value is -1.36. The van der Waals surface area contributed by atoms with Crippen molar-refractivity contribution in [2.45, 2.75) is 0 Å². The molecule has 0 aliphatic carbocycles. The van der Waals surface area contributed by atoms with Crippen molar-refractivity contribution in [2.24, 2.45) is 0 Å². The van der Waals surface area contributed by atoms with Gasteiger partial charge in [-0.25, -0.2) is 0 Å². The van der Waals surface area contributed by atoms with Gasteiger partial charge in [0.05, 0.1) is 0 Å². The van der Waals surface area contributed by atoms with Crippen LogP contribution >= 0.6 is 0 Å². The number of hydrogen-bond acceptors (Lipinski definition) is 3. The number of rotatable bonds is 1. The molecular formula is C11H13NO3S. The Bertz CT molecular complexity index is 406. The van der Waals surface area contributed by atoms with E-state index in [0.29, 0.717) is 30.2 Å². The lowest BCUT2D eigenvalue weighted by Gasteiger charge is -2.26. The summed E-state index contributed by atoms with van der Waals surface area (Å²) < 4.78 is 11.2. The largest absolute Gasteiger partial charge is 0.508 e. The van der Waals surface area contributed by atoms with Crippen molar-refractivity contribution in [3.63, 3.8) is 0 Å². The number of hydrogen-bond donors (Lipinski definition) is 1. The van der Waals surface area contributed by atoms with Crippen LogP contribution in [0.2, 0.25) is 0 Å². The summed E-state index contributed by atoms with van der Waals surface area (Å²) in [5.41, 5.74) is 0.561. The van der Waals surface area contributed by atoms with E-state index in [0.717, 1.165) is 0 Å². The summed E-state index contributed by atoms with van der Waals surface area (Å²) in [6.07, 6.45) is 0. The Morgan fingerprint density at radius 1 is 1.19 bits per heavy atom. The highest BCUT2D eigenvalue weighted by atomic mass is 32.2. The van der Waals surface area contributed by atoms with Gasteiger partial charge in [-0.15, -0.1) is 0 Å². The number of phenolic OH excluding ortho intramolecular Hbond substituents is 1. The van der Waals surface area contributed by atoms with Gasteiger partial charge in [0.1, 0.15) is 5.75 Å². The van der Waals surface area contributed by atoms with Gasteiger partial charge in [0.25, 0.3) is 5.91 Å². The second-order valence-corrected chi connectivity index (χ2v) is 5.38. The summed E-state index contributed by atoms with van der Waals surface area (Å²) in [5, 5.41) is 9.12. The predicted molar refractivity (Wildman–Crippen MR) is 61.9 cm³/mol. The zero-order chi connectivity index (χ0) is 11.5. The average Bonchev–Trinajstić information content (AvgIpc) is 2.30. The monoisotopic (exact) mass is 239 g/mol. The highest BCUT2D eigenvalue weighted by Crippen LogP contribution is 2.13. The molecule has 1 saturated heterocycles. The molecule has 16 heavy (non-hydrogen) atoms. The molecule has 1 aliphatic rings. The van der Waals surface area contributed by atoms with Gasteiger partial charge in [-0.1, -0.05) is 0 Å². The summed E-state index contributed by atoms with van der Waals surface area (Å²) in [7, 11) is -0.771. The van der Waals surface area contributed by atoms with Crippen LogP contribution in [0.1, 0.15) is 10.4 Å². The molecule has 5 heteroatoms. The number of benzene rings is 1. The van der Waals surface area contributed by atoms with Crippen molar-refractivity contribution in [1.29, 1.82) is 0 Å². The van der Waals surface area contributed by atoms with E-state index in [2.05, 4.69) is 0 Å². The fourth-order valence-corrected chi connectivity index (χ4v) is 2.68. The van der Waals surface area contributed by atoms with Gasteiger partial charge < -0.3 is 10.0 Å². The Kier molecular flexibility index (Phi) is 3.24. The molecule has 0 atom stereocenters. The Morgan fingerprint density at radius 3 is 2.31 bits per heavy atom. The molecule has 1 amide bonds. The van der Waals surface area contributed by atoms with Gasteiger partial charge in [0.2, 0.25) is 0 Å². The van der Waals surface area contributed by atoms with Crippen molar-refractivity contribution in [3.8, 4) is 5.75 Å². The number of carbonyl (C=O) groups is 1. The Labute approximate surface area is 96.3 Å². The van der Waals surface area contributed by atoms with Crippen molar-refractivity contribution in [3.05, 3.63) is 29.8 Å². The van der Waals surface area contributed by atoms with E-state index >= 15 is 0 Å². The summed E-state index contributed by atoms with van der Waals surface area (Å²) in [5.74, 6) is 1.21. The number of aromatic hydroxyl groups is 1. The molecule has 1 aromatic carbocycles. The standard InChI is InChI=1S/C11H13NO3S/c13-10-3-1-9(2-4-10)11(14)12-5-7-16(15)8-6-12/h1-4,13H,5-8H2. The van der Waals surface area contributed by atoms with Crippen molar-refractivity contribution >= 4 is 16.7 Å². The minimum absolute atomic E-state index is 0.0586. The first-order valence-electron chi connectivity index (χ1n) is 5.10. The van der Waals surface area contributed by atoms with Crippen molar-refractivity contribution < 1.29 is 14.1 Å². The first kappa shape index (κ1) is 11.1. The van der Waals surface area contributed by atoms with Gasteiger partial charge in [-0.3, -0.25) is 9.00 Å². The lowest BCUT2D eigenvalue weighted by atomic mass is 10.2. The molecule has 0 saturated carbocycles. The lowest BCUT2D eigenvalue weighted by molar-refractivity contribution is 0.0771. The first-order chi connectivity index (χ1) is 7.66. The minimum Gasteiger partial charge on any atom is -0.508 e. The average molecular weight is 239 g/mol. The highest BCUT2D eigenvalue weighted by molar-refractivity contribution is 7.85. The molecule has 0 unspecified atom stereocenters. The van der Waals surface area contributed by atoms with Crippen LogP contribution in [-0.2, 0) is 10.8 Å². The van der Waals surface area contributed by atoms with Crippen LogP contribution in [0.25, 0.3) is 0 Å². The first-order valence-corrected chi connectivity index (χ1v) is 6.59. The molecule has 86 valence electrons. The number of carbonyl (C=O) groups excluding carboxylic acids is 1. The zero-order valence-electron chi connectivity index (χ0n) is 8.76. The van der Waals surface area contributed by atoms with Crippen LogP contribution in [-0.4, -0.2) is 44.7 Å². The fourth-order valence-electron chi connectivity index (χ4n) is 1.63. The van der Waals surface area contributed by atoms with E-state index in [1.165, 1.54) is 12.1 Å². The topological polar surface area (TPSA) is 57.6 Å². The van der Waals surface area contributed by atoms with E-state index < -0.39 is 10.8 Å². The second kappa shape index (κ2) is 4.65. The maximum absolute atomic E-state index is 12.0. The maximum Gasteiger partial charge on any atom is 0.253 e. The molecule has 0 spiro atoms. The van der Waals surface area contributed by atoms with E-state index in [-0.39, 0.29) is 11.7 Å². The third-order valence-electron chi connectivity index (χ3n) is 2.58. The quantitative estimate of drug-likeness (QED) is 0.780. The summed E-state index contributed by atoms with van der Waals surface area (Å²) in [6.45, 7) is 1.10. The molecule has 1 aliphatic heterocycles. The lowest BCUT2D eigenvalue weighted by Crippen LogP contribution is -2.41. The zero-order valence-corrected chi connectivity index (χ0v) is 9.57. The Morgan fingerprint density at radius 2 is 1.75 bits per heavy atom. The predicted octanol–water partition coefficient (Wildman–Crippen LogP) is 0.597. The van der Waals surface area contributed by atoms with E-state index in [1.807, 2.05) is 0 Å². The van der Waals surface area contributed by atoms with Crippen LogP contribution in [0, 0.1) is 0 Å². The molecule has 4 nitrogen and oxygen atoms in total. The van der Waals surface area contributed by atoms with Gasteiger partial charge >= 0.3 is 0 Å². The summed E-state index contributed by atoms with van der Waals surface area (Å²) in [4.78, 5) is 13.7. The summed E-state index contributed by atoms with van der Waals surface area (Å²) in [6, 6.07) is 6.19. The van der Waals surface area contributed by atoms with Gasteiger partial charge in [0, 0.05) is 41.0 Å². The molecule has 0 bridgehead atoms. The second-order valence-electron chi connectivity index (χ2n) is 3.69. The van der Waals surface area contributed by atoms with Crippen LogP contribution in [0.15, 0.2) is 24.3 Å². The highest BCUT2D eigenvalue weighted by Gasteiger charge is 2.20. The third kappa shape index (κ3) is 2.41. The van der Waals surface area contributed by atoms with E-state index in [4.69, 9.17) is 5.11 Å².